The van der Waals surface area contributed by atoms with E-state index in [2.05, 4.69) is 9.97 Å². The zero-order valence-corrected chi connectivity index (χ0v) is 16.9. The van der Waals surface area contributed by atoms with Gasteiger partial charge in [-0.3, -0.25) is 4.79 Å². The van der Waals surface area contributed by atoms with E-state index in [1.807, 2.05) is 0 Å². The van der Waals surface area contributed by atoms with Crippen LogP contribution in [-0.2, 0) is 23.4 Å². The molecule has 1 N–H and O–H groups in total. The molecule has 3 aromatic rings. The van der Waals surface area contributed by atoms with Crippen molar-refractivity contribution in [1.82, 2.24) is 19.2 Å². The minimum atomic E-state index is -4.16. The molecule has 0 radical (unpaired) electrons. The van der Waals surface area contributed by atoms with Crippen LogP contribution < -0.4 is 4.18 Å². The highest BCUT2D eigenvalue weighted by Gasteiger charge is 2.37. The van der Waals surface area contributed by atoms with Gasteiger partial charge in [0.25, 0.3) is 5.91 Å². The van der Waals surface area contributed by atoms with Crippen molar-refractivity contribution in [3.63, 3.8) is 0 Å². The van der Waals surface area contributed by atoms with Crippen LogP contribution in [0.4, 0.5) is 4.39 Å². The van der Waals surface area contributed by atoms with Gasteiger partial charge in [0.05, 0.1) is 12.1 Å². The smallest absolute Gasteiger partial charge is 0.384 e. The van der Waals surface area contributed by atoms with Gasteiger partial charge in [-0.15, -0.1) is 0 Å². The summed E-state index contributed by atoms with van der Waals surface area (Å²) in [7, 11) is -1.56. The number of rotatable bonds is 5. The van der Waals surface area contributed by atoms with Gasteiger partial charge in [-0.05, 0) is 17.7 Å². The molecule has 0 aliphatic carbocycles. The van der Waals surface area contributed by atoms with Crippen LogP contribution >= 0.6 is 0 Å². The number of fused-ring (bicyclic) bond motifs is 2. The van der Waals surface area contributed by atoms with E-state index in [-0.39, 0.29) is 41.0 Å². The molecule has 1 aromatic heterocycles. The Morgan fingerprint density at radius 1 is 1.17 bits per heavy atom. The van der Waals surface area contributed by atoms with Crippen molar-refractivity contribution >= 4 is 27.2 Å². The summed E-state index contributed by atoms with van der Waals surface area (Å²) in [5.41, 5.74) is 0.751. The van der Waals surface area contributed by atoms with Crippen molar-refractivity contribution in [3.8, 4) is 11.5 Å². The lowest BCUT2D eigenvalue weighted by Gasteiger charge is -2.17. The zero-order valence-electron chi connectivity index (χ0n) is 16.0. The number of aromatic nitrogens is 2. The second-order valence-electron chi connectivity index (χ2n) is 6.90. The normalized spacial score (nSPS) is 13.9. The fourth-order valence-electron chi connectivity index (χ4n) is 3.20. The number of halogens is 1. The average molecular weight is 432 g/mol. The Morgan fingerprint density at radius 3 is 2.43 bits per heavy atom. The Morgan fingerprint density at radius 2 is 1.80 bits per heavy atom. The molecule has 0 bridgehead atoms. The van der Waals surface area contributed by atoms with E-state index in [1.165, 1.54) is 43.5 Å². The molecular formula is C19H17FN4O5S. The van der Waals surface area contributed by atoms with Crippen LogP contribution in [0.25, 0.3) is 11.0 Å². The van der Waals surface area contributed by atoms with Gasteiger partial charge in [0.15, 0.2) is 11.5 Å². The number of nitrogens with zero attached hydrogens (tertiary/aromatic N) is 4. The highest BCUT2D eigenvalue weighted by molar-refractivity contribution is 7.84. The van der Waals surface area contributed by atoms with E-state index in [1.54, 1.807) is 12.1 Å². The van der Waals surface area contributed by atoms with Gasteiger partial charge in [-0.1, -0.05) is 12.1 Å². The number of amides is 1. The minimum absolute atomic E-state index is 0.0237. The molecular weight excluding hydrogens is 415 g/mol. The quantitative estimate of drug-likeness (QED) is 0.654. The summed E-state index contributed by atoms with van der Waals surface area (Å²) >= 11 is 0. The number of phenolic OH excluding ortho intramolecular Hbond substituents is 1. The highest BCUT2D eigenvalue weighted by Crippen LogP contribution is 2.43. The molecule has 0 atom stereocenters. The maximum atomic E-state index is 13.2. The van der Waals surface area contributed by atoms with Crippen LogP contribution in [0.3, 0.4) is 0 Å². The van der Waals surface area contributed by atoms with Crippen molar-refractivity contribution < 1.29 is 26.9 Å². The first-order valence-corrected chi connectivity index (χ1v) is 10.2. The zero-order chi connectivity index (χ0) is 21.6. The third-order valence-corrected chi connectivity index (χ3v) is 5.99. The number of hydrogen-bond donors (Lipinski definition) is 1. The van der Waals surface area contributed by atoms with E-state index in [4.69, 9.17) is 4.18 Å². The molecule has 2 heterocycles. The average Bonchev–Trinajstić information content (AvgIpc) is 3.03. The lowest BCUT2D eigenvalue weighted by atomic mass is 10.1. The lowest BCUT2D eigenvalue weighted by molar-refractivity contribution is 0.0764. The summed E-state index contributed by atoms with van der Waals surface area (Å²) in [6, 6.07) is 5.64. The molecule has 1 aliphatic rings. The SMILES string of the molecule is CN(C)S(=O)(=O)Oc1c2c(c(O)c3nccnc13)C(=O)N(Cc1ccc(F)cc1)C2. The molecule has 156 valence electrons. The molecule has 2 aromatic carbocycles. The first kappa shape index (κ1) is 20.0. The second-order valence-corrected chi connectivity index (χ2v) is 8.65. The summed E-state index contributed by atoms with van der Waals surface area (Å²) < 4.78 is 44.1. The predicted octanol–water partition coefficient (Wildman–Crippen LogP) is 1.82. The maximum Gasteiger partial charge on any atom is 0.384 e. The number of benzene rings is 2. The summed E-state index contributed by atoms with van der Waals surface area (Å²) in [6.07, 6.45) is 2.64. The maximum absolute atomic E-state index is 13.2. The molecule has 0 fully saturated rings. The van der Waals surface area contributed by atoms with E-state index >= 15 is 0 Å². The van der Waals surface area contributed by atoms with Crippen LogP contribution in [0.2, 0.25) is 0 Å². The Hall–Kier alpha value is -3.31. The number of aromatic hydroxyl groups is 1. The van der Waals surface area contributed by atoms with Crippen molar-refractivity contribution in [2.75, 3.05) is 14.1 Å². The number of carbonyl (C=O) groups is 1. The molecule has 9 nitrogen and oxygen atoms in total. The van der Waals surface area contributed by atoms with Crippen LogP contribution in [-0.4, -0.2) is 52.7 Å². The molecule has 0 spiro atoms. The number of hydrogen-bond acceptors (Lipinski definition) is 7. The van der Waals surface area contributed by atoms with Gasteiger partial charge in [0.2, 0.25) is 0 Å². The van der Waals surface area contributed by atoms with E-state index in [9.17, 15) is 22.7 Å². The van der Waals surface area contributed by atoms with Crippen molar-refractivity contribution in [2.24, 2.45) is 0 Å². The third-order valence-electron chi connectivity index (χ3n) is 4.72. The fourth-order valence-corrected chi connectivity index (χ4v) is 3.74. The summed E-state index contributed by atoms with van der Waals surface area (Å²) in [5.74, 6) is -1.48. The second kappa shape index (κ2) is 7.18. The Labute approximate surface area is 171 Å². The van der Waals surface area contributed by atoms with Gasteiger partial charge in [-0.25, -0.2) is 14.4 Å². The van der Waals surface area contributed by atoms with Gasteiger partial charge in [-0.2, -0.15) is 12.7 Å². The van der Waals surface area contributed by atoms with E-state index in [0.29, 0.717) is 5.56 Å². The van der Waals surface area contributed by atoms with Gasteiger partial charge < -0.3 is 14.2 Å². The molecule has 0 saturated heterocycles. The summed E-state index contributed by atoms with van der Waals surface area (Å²) in [6.45, 7) is 0.105. The number of carbonyl (C=O) groups excluding carboxylic acids is 1. The molecule has 1 amide bonds. The first-order chi connectivity index (χ1) is 14.2. The largest absolute Gasteiger partial charge is 0.505 e. The standard InChI is InChI=1S/C19H17FN4O5S/c1-23(2)30(27,28)29-18-13-10-24(9-11-3-5-12(20)6-4-11)19(26)14(13)17(25)15-16(18)22-8-7-21-15/h3-8,25H,9-10H2,1-2H3. The van der Waals surface area contributed by atoms with Crippen molar-refractivity contribution in [3.05, 3.63) is 59.2 Å². The predicted molar refractivity (Wildman–Crippen MR) is 104 cm³/mol. The van der Waals surface area contributed by atoms with E-state index in [0.717, 1.165) is 4.31 Å². The monoisotopic (exact) mass is 432 g/mol. The molecule has 0 unspecified atom stereocenters. The van der Waals surface area contributed by atoms with Crippen LogP contribution in [0.15, 0.2) is 36.7 Å². The van der Waals surface area contributed by atoms with E-state index < -0.39 is 27.8 Å². The van der Waals surface area contributed by atoms with Gasteiger partial charge in [0.1, 0.15) is 16.9 Å². The van der Waals surface area contributed by atoms with Crippen molar-refractivity contribution in [1.29, 1.82) is 0 Å². The van der Waals surface area contributed by atoms with Crippen LogP contribution in [0.5, 0.6) is 11.5 Å². The third kappa shape index (κ3) is 3.31. The fraction of sp³-hybridized carbons (Fsp3) is 0.211. The summed E-state index contributed by atoms with van der Waals surface area (Å²) in [5, 5.41) is 10.7. The van der Waals surface area contributed by atoms with Gasteiger partial charge >= 0.3 is 10.3 Å². The molecule has 11 heteroatoms. The van der Waals surface area contributed by atoms with Gasteiger partial charge in [0, 0.05) is 38.6 Å². The number of phenols is 1. The van der Waals surface area contributed by atoms with Crippen LogP contribution in [0, 0.1) is 5.82 Å². The topological polar surface area (TPSA) is 113 Å². The Bertz CT molecular complexity index is 1260. The Balaban J connectivity index is 1.84. The highest BCUT2D eigenvalue weighted by atomic mass is 32.2. The van der Waals surface area contributed by atoms with Crippen molar-refractivity contribution in [2.45, 2.75) is 13.1 Å². The minimum Gasteiger partial charge on any atom is -0.505 e. The van der Waals surface area contributed by atoms with Crippen LogP contribution in [0.1, 0.15) is 21.5 Å². The lowest BCUT2D eigenvalue weighted by Crippen LogP contribution is -2.27. The molecule has 4 rings (SSSR count). The first-order valence-electron chi connectivity index (χ1n) is 8.83. The Kier molecular flexibility index (Phi) is 4.79. The molecule has 0 saturated carbocycles. The molecule has 30 heavy (non-hydrogen) atoms. The summed E-state index contributed by atoms with van der Waals surface area (Å²) in [4.78, 5) is 22.5. The molecule has 1 aliphatic heterocycles.